The number of carboxylic acids is 1. The maximum Gasteiger partial charge on any atom is 0.303 e. The molecule has 18 nitrogen and oxygen atoms in total. The maximum absolute atomic E-state index is 13.4. The van der Waals surface area contributed by atoms with Crippen LogP contribution in [0, 0.1) is 16.0 Å². The molecule has 2 aromatic rings. The van der Waals surface area contributed by atoms with Crippen molar-refractivity contribution in [1.82, 2.24) is 21.3 Å². The summed E-state index contributed by atoms with van der Waals surface area (Å²) in [5.74, 6) is -5.31. The highest BCUT2D eigenvalue weighted by Gasteiger charge is 2.31. The SMILES string of the molecule is CCC(C)[C@H](NC(=O)c1ccccc1)C(=O)N[C@@H](CCC(=O)O)C(=O)NCC(=O)N[C@@H](CCCN=C(N)N)C(=O)Nc1ccc([N+](=O)[O-])cc1. The van der Waals surface area contributed by atoms with Crippen molar-refractivity contribution >= 4 is 52.8 Å². The Kier molecular flexibility index (Phi) is 16.3. The van der Waals surface area contributed by atoms with E-state index < -0.39 is 71.5 Å². The number of guanidine groups is 1. The van der Waals surface area contributed by atoms with Crippen LogP contribution in [-0.2, 0) is 24.0 Å². The molecule has 50 heavy (non-hydrogen) atoms. The van der Waals surface area contributed by atoms with Gasteiger partial charge < -0.3 is 43.2 Å². The van der Waals surface area contributed by atoms with Gasteiger partial charge in [0.05, 0.1) is 11.5 Å². The number of hydrogen-bond acceptors (Lipinski definition) is 9. The third-order valence-corrected chi connectivity index (χ3v) is 7.46. The van der Waals surface area contributed by atoms with E-state index in [1.54, 1.807) is 37.3 Å². The molecular formula is C32H43N9O9. The molecule has 4 atom stereocenters. The van der Waals surface area contributed by atoms with Gasteiger partial charge in [-0.2, -0.15) is 0 Å². The van der Waals surface area contributed by atoms with Gasteiger partial charge in [0.1, 0.15) is 18.1 Å². The Bertz CT molecular complexity index is 1530. The highest BCUT2D eigenvalue weighted by atomic mass is 16.6. The molecule has 0 spiro atoms. The molecule has 0 bridgehead atoms. The second-order valence-electron chi connectivity index (χ2n) is 11.3. The molecule has 2 aromatic carbocycles. The van der Waals surface area contributed by atoms with Crippen LogP contribution in [0.3, 0.4) is 0 Å². The predicted molar refractivity (Wildman–Crippen MR) is 183 cm³/mol. The zero-order valence-corrected chi connectivity index (χ0v) is 27.7. The largest absolute Gasteiger partial charge is 0.481 e. The van der Waals surface area contributed by atoms with E-state index >= 15 is 0 Å². The predicted octanol–water partition coefficient (Wildman–Crippen LogP) is 0.382. The molecule has 18 heteroatoms. The van der Waals surface area contributed by atoms with Gasteiger partial charge in [-0.25, -0.2) is 0 Å². The van der Waals surface area contributed by atoms with Crippen molar-refractivity contribution in [2.75, 3.05) is 18.4 Å². The van der Waals surface area contributed by atoms with Crippen LogP contribution in [-0.4, -0.2) is 82.7 Å². The fourth-order valence-electron chi connectivity index (χ4n) is 4.52. The van der Waals surface area contributed by atoms with Crippen LogP contribution in [0.2, 0.25) is 0 Å². The number of nitro groups is 1. The van der Waals surface area contributed by atoms with Crippen LogP contribution < -0.4 is 38.1 Å². The van der Waals surface area contributed by atoms with Crippen molar-refractivity contribution in [3.05, 3.63) is 70.3 Å². The van der Waals surface area contributed by atoms with Gasteiger partial charge in [-0.3, -0.25) is 43.9 Å². The third kappa shape index (κ3) is 14.0. The second-order valence-corrected chi connectivity index (χ2v) is 11.3. The number of non-ortho nitro benzene ring substituents is 1. The van der Waals surface area contributed by atoms with Gasteiger partial charge in [-0.1, -0.05) is 38.5 Å². The smallest absolute Gasteiger partial charge is 0.303 e. The van der Waals surface area contributed by atoms with Crippen LogP contribution in [0.1, 0.15) is 56.3 Å². The van der Waals surface area contributed by atoms with E-state index in [1.807, 2.05) is 6.92 Å². The number of nitro benzene ring substituents is 1. The van der Waals surface area contributed by atoms with Crippen molar-refractivity contribution < 1.29 is 38.8 Å². The van der Waals surface area contributed by atoms with Crippen LogP contribution in [0.5, 0.6) is 0 Å². The number of anilines is 1. The monoisotopic (exact) mass is 697 g/mol. The van der Waals surface area contributed by atoms with E-state index in [9.17, 15) is 44.0 Å². The Balaban J connectivity index is 2.12. The number of aliphatic imine (C=N–C) groups is 1. The molecule has 2 rings (SSSR count). The number of amides is 5. The van der Waals surface area contributed by atoms with Crippen molar-refractivity contribution in [3.63, 3.8) is 0 Å². The number of carbonyl (C=O) groups excluding carboxylic acids is 5. The highest BCUT2D eigenvalue weighted by Crippen LogP contribution is 2.16. The normalized spacial score (nSPS) is 12.9. The Morgan fingerprint density at radius 1 is 0.880 bits per heavy atom. The van der Waals surface area contributed by atoms with Gasteiger partial charge >= 0.3 is 5.97 Å². The molecular weight excluding hydrogens is 654 g/mol. The van der Waals surface area contributed by atoms with Gasteiger partial charge in [-0.05, 0) is 49.4 Å². The summed E-state index contributed by atoms with van der Waals surface area (Å²) < 4.78 is 0. The Hall–Kier alpha value is -6.07. The minimum Gasteiger partial charge on any atom is -0.481 e. The summed E-state index contributed by atoms with van der Waals surface area (Å²) in [6.45, 7) is 3.04. The number of aliphatic carboxylic acids is 1. The van der Waals surface area contributed by atoms with Gasteiger partial charge in [0, 0.05) is 36.3 Å². The first-order valence-electron chi connectivity index (χ1n) is 15.8. The number of nitrogens with two attached hydrogens (primary N) is 2. The fourth-order valence-corrected chi connectivity index (χ4v) is 4.52. The van der Waals surface area contributed by atoms with Gasteiger partial charge in [0.25, 0.3) is 11.6 Å². The van der Waals surface area contributed by atoms with E-state index in [1.165, 1.54) is 24.3 Å². The molecule has 0 heterocycles. The van der Waals surface area contributed by atoms with E-state index in [0.29, 0.717) is 12.0 Å². The van der Waals surface area contributed by atoms with Gasteiger partial charge in [-0.15, -0.1) is 0 Å². The average Bonchev–Trinajstić information content (AvgIpc) is 3.08. The Morgan fingerprint density at radius 3 is 2.10 bits per heavy atom. The molecule has 1 unspecified atom stereocenters. The highest BCUT2D eigenvalue weighted by molar-refractivity contribution is 5.99. The van der Waals surface area contributed by atoms with Crippen LogP contribution in [0.4, 0.5) is 11.4 Å². The molecule has 0 aliphatic carbocycles. The van der Waals surface area contributed by atoms with E-state index in [4.69, 9.17) is 11.5 Å². The van der Waals surface area contributed by atoms with Crippen molar-refractivity contribution in [1.29, 1.82) is 0 Å². The standard InChI is InChI=1S/C32H43N9O9/c1-3-19(2)27(40-28(45)20-8-5-4-6-9-20)31(48)39-24(15-16-26(43)44)29(46)36-18-25(42)38-23(10-7-17-35-32(33)34)30(47)37-21-11-13-22(14-12-21)41(49)50/h4-6,8-9,11-14,19,23-24,27H,3,7,10,15-18H2,1-2H3,(H,36,46)(H,37,47)(H,38,42)(H,39,48)(H,40,45)(H,43,44)(H4,33,34,35)/t19?,23-,24-,27-/m0/s1. The average molecular weight is 698 g/mol. The summed E-state index contributed by atoms with van der Waals surface area (Å²) in [5.41, 5.74) is 11.0. The number of nitrogens with zero attached hydrogens (tertiary/aromatic N) is 2. The molecule has 0 saturated carbocycles. The molecule has 0 saturated heterocycles. The van der Waals surface area contributed by atoms with Crippen LogP contribution in [0.25, 0.3) is 0 Å². The molecule has 270 valence electrons. The maximum atomic E-state index is 13.4. The summed E-state index contributed by atoms with van der Waals surface area (Å²) in [5, 5.41) is 32.8. The lowest BCUT2D eigenvalue weighted by molar-refractivity contribution is -0.384. The molecule has 0 aromatic heterocycles. The van der Waals surface area contributed by atoms with Crippen LogP contribution >= 0.6 is 0 Å². The van der Waals surface area contributed by atoms with E-state index in [2.05, 4.69) is 31.6 Å². The summed E-state index contributed by atoms with van der Waals surface area (Å²) >= 11 is 0. The van der Waals surface area contributed by atoms with Crippen molar-refractivity contribution in [3.8, 4) is 0 Å². The number of benzene rings is 2. The minimum atomic E-state index is -1.38. The first-order valence-corrected chi connectivity index (χ1v) is 15.8. The summed E-state index contributed by atoms with van der Waals surface area (Å²) in [6.07, 6.45) is 0.0158. The third-order valence-electron chi connectivity index (χ3n) is 7.46. The first-order chi connectivity index (χ1) is 23.7. The fraction of sp³-hybridized carbons (Fsp3) is 0.406. The first kappa shape index (κ1) is 40.1. The van der Waals surface area contributed by atoms with E-state index in [-0.39, 0.29) is 49.1 Å². The number of rotatable bonds is 20. The molecule has 0 aliphatic heterocycles. The Morgan fingerprint density at radius 2 is 1.52 bits per heavy atom. The number of carboxylic acid groups (broad SMARTS) is 1. The zero-order chi connectivity index (χ0) is 37.2. The number of carbonyl (C=O) groups is 6. The summed E-state index contributed by atoms with van der Waals surface area (Å²) in [6, 6.07) is 9.63. The second kappa shape index (κ2) is 20.3. The summed E-state index contributed by atoms with van der Waals surface area (Å²) in [4.78, 5) is 90.8. The molecule has 0 radical (unpaired) electrons. The van der Waals surface area contributed by atoms with Gasteiger partial charge in [0.15, 0.2) is 5.96 Å². The summed E-state index contributed by atoms with van der Waals surface area (Å²) in [7, 11) is 0. The number of hydrogen-bond donors (Lipinski definition) is 8. The topological polar surface area (TPSA) is 290 Å². The lowest BCUT2D eigenvalue weighted by Gasteiger charge is -2.26. The quantitative estimate of drug-likeness (QED) is 0.0308. The number of nitrogens with one attached hydrogen (secondary N) is 5. The molecule has 0 aliphatic rings. The molecule has 0 fully saturated rings. The van der Waals surface area contributed by atoms with Crippen molar-refractivity contribution in [2.24, 2.45) is 22.4 Å². The van der Waals surface area contributed by atoms with Crippen molar-refractivity contribution in [2.45, 2.75) is 64.1 Å². The van der Waals surface area contributed by atoms with Crippen LogP contribution in [0.15, 0.2) is 59.6 Å². The van der Waals surface area contributed by atoms with Gasteiger partial charge in [0.2, 0.25) is 23.6 Å². The van der Waals surface area contributed by atoms with E-state index in [0.717, 1.165) is 0 Å². The lowest BCUT2D eigenvalue weighted by atomic mass is 9.97. The Labute approximate surface area is 288 Å². The zero-order valence-electron chi connectivity index (χ0n) is 27.7. The lowest BCUT2D eigenvalue weighted by Crippen LogP contribution is -2.56. The molecule has 5 amide bonds. The molecule has 10 N–H and O–H groups in total. The minimum absolute atomic E-state index is 0.0677.